The SMILES string of the molecule is COC(=O)c1ccc2c(ccn2[C@H]2CC[C@@H](NC(=O)OC(C)(C)C)C2)c1. The van der Waals surface area contributed by atoms with Gasteiger partial charge in [0.2, 0.25) is 0 Å². The molecule has 26 heavy (non-hydrogen) atoms. The molecule has 1 heterocycles. The number of nitrogens with zero attached hydrogens (tertiary/aromatic N) is 1. The molecule has 2 atom stereocenters. The number of rotatable bonds is 3. The lowest BCUT2D eigenvalue weighted by atomic mass is 10.1. The summed E-state index contributed by atoms with van der Waals surface area (Å²) in [6.45, 7) is 5.58. The maximum Gasteiger partial charge on any atom is 0.407 e. The van der Waals surface area contributed by atoms with Crippen molar-refractivity contribution in [1.29, 1.82) is 0 Å². The molecule has 3 rings (SSSR count). The van der Waals surface area contributed by atoms with Gasteiger partial charge >= 0.3 is 12.1 Å². The average Bonchev–Trinajstić information content (AvgIpc) is 3.17. The number of aromatic nitrogens is 1. The number of alkyl carbamates (subject to hydrolysis) is 1. The number of carbonyl (C=O) groups excluding carboxylic acids is 2. The minimum absolute atomic E-state index is 0.113. The Hall–Kier alpha value is -2.50. The molecule has 0 unspecified atom stereocenters. The number of hydrogen-bond donors (Lipinski definition) is 1. The molecule has 1 saturated carbocycles. The summed E-state index contributed by atoms with van der Waals surface area (Å²) in [5, 5.41) is 3.98. The van der Waals surface area contributed by atoms with Crippen molar-refractivity contribution in [1.82, 2.24) is 9.88 Å². The Balaban J connectivity index is 1.69. The second-order valence-electron chi connectivity index (χ2n) is 7.80. The average molecular weight is 358 g/mol. The molecule has 0 radical (unpaired) electrons. The third kappa shape index (κ3) is 4.00. The Bertz CT molecular complexity index is 819. The first-order valence-corrected chi connectivity index (χ1v) is 8.95. The summed E-state index contributed by atoms with van der Waals surface area (Å²) in [7, 11) is 1.38. The number of amides is 1. The van der Waals surface area contributed by atoms with Crippen LogP contribution in [0.5, 0.6) is 0 Å². The highest BCUT2D eigenvalue weighted by molar-refractivity contribution is 5.94. The Kier molecular flexibility index (Phi) is 4.94. The molecule has 6 nitrogen and oxygen atoms in total. The van der Waals surface area contributed by atoms with E-state index in [1.165, 1.54) is 7.11 Å². The minimum atomic E-state index is -0.490. The molecular weight excluding hydrogens is 332 g/mol. The van der Waals surface area contributed by atoms with Gasteiger partial charge in [-0.25, -0.2) is 9.59 Å². The van der Waals surface area contributed by atoms with Crippen LogP contribution in [0.3, 0.4) is 0 Å². The summed E-state index contributed by atoms with van der Waals surface area (Å²) in [4.78, 5) is 23.6. The van der Waals surface area contributed by atoms with E-state index in [0.29, 0.717) is 11.6 Å². The van der Waals surface area contributed by atoms with Crippen molar-refractivity contribution >= 4 is 23.0 Å². The second kappa shape index (κ2) is 7.02. The van der Waals surface area contributed by atoms with Crippen molar-refractivity contribution in [3.63, 3.8) is 0 Å². The van der Waals surface area contributed by atoms with Crippen LogP contribution in [0.15, 0.2) is 30.5 Å². The standard InChI is InChI=1S/C20H26N2O4/c1-20(2,3)26-19(24)21-15-6-7-16(12-15)22-10-9-13-11-14(18(23)25-4)5-8-17(13)22/h5,8-11,15-16H,6-7,12H2,1-4H3,(H,21,24)/t15-,16+/m1/s1. The molecule has 0 bridgehead atoms. The van der Waals surface area contributed by atoms with Gasteiger partial charge in [-0.1, -0.05) is 0 Å². The van der Waals surface area contributed by atoms with E-state index in [9.17, 15) is 9.59 Å². The summed E-state index contributed by atoms with van der Waals surface area (Å²) < 4.78 is 12.4. The van der Waals surface area contributed by atoms with Gasteiger partial charge in [0.25, 0.3) is 0 Å². The second-order valence-corrected chi connectivity index (χ2v) is 7.80. The molecule has 1 aromatic carbocycles. The van der Waals surface area contributed by atoms with Crippen molar-refractivity contribution in [2.75, 3.05) is 7.11 Å². The third-order valence-corrected chi connectivity index (χ3v) is 4.66. The lowest BCUT2D eigenvalue weighted by Crippen LogP contribution is -2.38. The van der Waals surface area contributed by atoms with Gasteiger partial charge in [0.1, 0.15) is 5.60 Å². The smallest absolute Gasteiger partial charge is 0.407 e. The summed E-state index contributed by atoms with van der Waals surface area (Å²) in [6.07, 6.45) is 4.46. The maximum absolute atomic E-state index is 12.0. The van der Waals surface area contributed by atoms with Gasteiger partial charge in [0, 0.05) is 29.2 Å². The van der Waals surface area contributed by atoms with E-state index in [2.05, 4.69) is 9.88 Å². The number of carbonyl (C=O) groups is 2. The summed E-state index contributed by atoms with van der Waals surface area (Å²) in [5.41, 5.74) is 1.14. The molecule has 1 fully saturated rings. The van der Waals surface area contributed by atoms with Crippen LogP contribution in [-0.2, 0) is 9.47 Å². The van der Waals surface area contributed by atoms with Gasteiger partial charge in [0.15, 0.2) is 0 Å². The fourth-order valence-corrected chi connectivity index (χ4v) is 3.54. The monoisotopic (exact) mass is 358 g/mol. The van der Waals surface area contributed by atoms with E-state index >= 15 is 0 Å². The normalized spacial score (nSPS) is 20.2. The number of fused-ring (bicyclic) bond motifs is 1. The molecule has 1 aromatic heterocycles. The molecule has 0 spiro atoms. The van der Waals surface area contributed by atoms with E-state index < -0.39 is 5.60 Å². The molecule has 2 aromatic rings. The fraction of sp³-hybridized carbons (Fsp3) is 0.500. The van der Waals surface area contributed by atoms with Crippen LogP contribution in [0.2, 0.25) is 0 Å². The largest absolute Gasteiger partial charge is 0.465 e. The third-order valence-electron chi connectivity index (χ3n) is 4.66. The highest BCUT2D eigenvalue weighted by Gasteiger charge is 2.29. The topological polar surface area (TPSA) is 69.6 Å². The van der Waals surface area contributed by atoms with E-state index in [4.69, 9.17) is 9.47 Å². The first kappa shape index (κ1) is 18.3. The number of methoxy groups -OCH3 is 1. The minimum Gasteiger partial charge on any atom is -0.465 e. The first-order valence-electron chi connectivity index (χ1n) is 8.95. The first-order chi connectivity index (χ1) is 12.3. The predicted molar refractivity (Wildman–Crippen MR) is 99.3 cm³/mol. The Morgan fingerprint density at radius 3 is 2.65 bits per heavy atom. The van der Waals surface area contributed by atoms with Crippen LogP contribution < -0.4 is 5.32 Å². The van der Waals surface area contributed by atoms with E-state index in [0.717, 1.165) is 30.2 Å². The van der Waals surface area contributed by atoms with E-state index in [-0.39, 0.29) is 18.1 Å². The van der Waals surface area contributed by atoms with Gasteiger partial charge in [-0.05, 0) is 64.3 Å². The number of benzene rings is 1. The molecule has 1 aliphatic rings. The molecule has 1 amide bonds. The van der Waals surface area contributed by atoms with Crippen LogP contribution in [0, 0.1) is 0 Å². The molecule has 1 N–H and O–H groups in total. The Morgan fingerprint density at radius 1 is 1.19 bits per heavy atom. The molecule has 1 aliphatic carbocycles. The van der Waals surface area contributed by atoms with E-state index in [1.807, 2.05) is 45.2 Å². The molecule has 0 saturated heterocycles. The number of nitrogens with one attached hydrogen (secondary N) is 1. The Morgan fingerprint density at radius 2 is 1.96 bits per heavy atom. The van der Waals surface area contributed by atoms with Crippen molar-refractivity contribution in [2.24, 2.45) is 0 Å². The predicted octanol–water partition coefficient (Wildman–Crippen LogP) is 4.05. The molecule has 6 heteroatoms. The van der Waals surface area contributed by atoms with Gasteiger partial charge in [-0.15, -0.1) is 0 Å². The van der Waals surface area contributed by atoms with Gasteiger partial charge in [0.05, 0.1) is 12.7 Å². The van der Waals surface area contributed by atoms with Crippen LogP contribution in [0.25, 0.3) is 10.9 Å². The lowest BCUT2D eigenvalue weighted by Gasteiger charge is -2.22. The zero-order valence-corrected chi connectivity index (χ0v) is 15.7. The quantitative estimate of drug-likeness (QED) is 0.841. The molecule has 0 aliphatic heterocycles. The highest BCUT2D eigenvalue weighted by atomic mass is 16.6. The summed E-state index contributed by atoms with van der Waals surface area (Å²) >= 11 is 0. The van der Waals surface area contributed by atoms with Crippen LogP contribution in [0.1, 0.15) is 56.4 Å². The lowest BCUT2D eigenvalue weighted by molar-refractivity contribution is 0.0503. The van der Waals surface area contributed by atoms with Crippen LogP contribution in [0.4, 0.5) is 4.79 Å². The van der Waals surface area contributed by atoms with Crippen molar-refractivity contribution in [3.05, 3.63) is 36.0 Å². The number of ether oxygens (including phenoxy) is 2. The van der Waals surface area contributed by atoms with Crippen molar-refractivity contribution < 1.29 is 19.1 Å². The van der Waals surface area contributed by atoms with Crippen LogP contribution in [-0.4, -0.2) is 35.4 Å². The zero-order chi connectivity index (χ0) is 18.9. The van der Waals surface area contributed by atoms with Gasteiger partial charge in [-0.3, -0.25) is 0 Å². The van der Waals surface area contributed by atoms with Gasteiger partial charge < -0.3 is 19.4 Å². The van der Waals surface area contributed by atoms with E-state index in [1.54, 1.807) is 6.07 Å². The Labute approximate surface area is 153 Å². The van der Waals surface area contributed by atoms with Crippen molar-refractivity contribution in [2.45, 2.75) is 57.7 Å². The van der Waals surface area contributed by atoms with Crippen molar-refractivity contribution in [3.8, 4) is 0 Å². The summed E-state index contributed by atoms with van der Waals surface area (Å²) in [5.74, 6) is -0.331. The highest BCUT2D eigenvalue weighted by Crippen LogP contribution is 2.33. The number of esters is 1. The number of hydrogen-bond acceptors (Lipinski definition) is 4. The van der Waals surface area contributed by atoms with Gasteiger partial charge in [-0.2, -0.15) is 0 Å². The summed E-state index contributed by atoms with van der Waals surface area (Å²) in [6, 6.07) is 8.03. The fourth-order valence-electron chi connectivity index (χ4n) is 3.54. The zero-order valence-electron chi connectivity index (χ0n) is 15.7. The van der Waals surface area contributed by atoms with Crippen LogP contribution >= 0.6 is 0 Å². The maximum atomic E-state index is 12.0. The molecular formula is C20H26N2O4. The molecule has 140 valence electrons.